The van der Waals surface area contributed by atoms with Crippen molar-refractivity contribution in [1.29, 1.82) is 0 Å². The monoisotopic (exact) mass is 180 g/mol. The fourth-order valence-electron chi connectivity index (χ4n) is 0. The number of hydrogen-bond donors (Lipinski definition) is 1. The summed E-state index contributed by atoms with van der Waals surface area (Å²) in [4.78, 5) is 8.36. The zero-order valence-electron chi connectivity index (χ0n) is 4.29. The quantitative estimate of drug-likeness (QED) is 0.297. The molecule has 59 valence electrons. The largest absolute Gasteiger partial charge is 0.412 e. The minimum Gasteiger partial charge on any atom is -0.412 e. The van der Waals surface area contributed by atoms with Gasteiger partial charge in [-0.25, -0.2) is 0 Å². The van der Waals surface area contributed by atoms with Gasteiger partial charge in [0.05, 0.1) is 0 Å². The van der Waals surface area contributed by atoms with E-state index in [0.29, 0.717) is 0 Å². The molecule has 9 heavy (non-hydrogen) atoms. The van der Waals surface area contributed by atoms with Crippen molar-refractivity contribution in [2.24, 2.45) is 0 Å². The van der Waals surface area contributed by atoms with Crippen LogP contribution in [0.1, 0.15) is 0 Å². The van der Waals surface area contributed by atoms with Crippen LogP contribution in [0.3, 0.4) is 0 Å². The maximum atomic E-state index is 8.36. The van der Waals surface area contributed by atoms with Crippen LogP contribution < -0.4 is 0 Å². The third kappa shape index (κ3) is 34200. The average Bonchev–Trinajstić information content (AvgIpc) is 0.811. The summed E-state index contributed by atoms with van der Waals surface area (Å²) >= 11 is 0. The average molecular weight is 180 g/mol. The minimum absolute atomic E-state index is 0. The third-order valence-electron chi connectivity index (χ3n) is 0. The van der Waals surface area contributed by atoms with Crippen LogP contribution in [-0.4, -0.2) is 32.2 Å². The first-order valence-electron chi connectivity index (χ1n) is 0.565. The Morgan fingerprint density at radius 1 is 1.11 bits per heavy atom. The third-order valence-corrected chi connectivity index (χ3v) is 0. The fourth-order valence-corrected chi connectivity index (χ4v) is 0. The molecule has 0 saturated heterocycles. The molecule has 0 bridgehead atoms. The molecule has 0 aliphatic carbocycles. The number of nitrogens with zero attached hydrogens (tertiary/aromatic N) is 1. The van der Waals surface area contributed by atoms with Crippen LogP contribution in [0, 0.1) is 10.1 Å². The van der Waals surface area contributed by atoms with E-state index in [1.54, 1.807) is 0 Å². The number of hydrogen-bond acceptors (Lipinski definition) is 2. The van der Waals surface area contributed by atoms with Crippen LogP contribution in [-0.2, 0) is 25.8 Å². The van der Waals surface area contributed by atoms with Crippen molar-refractivity contribution in [3.63, 3.8) is 0 Å². The van der Waals surface area contributed by atoms with Crippen molar-refractivity contribution >= 4 is 0 Å². The molecule has 0 aromatic heterocycles. The van der Waals surface area contributed by atoms with Crippen LogP contribution >= 0.6 is 0 Å². The molecule has 0 aliphatic heterocycles. The van der Waals surface area contributed by atoms with Gasteiger partial charge in [0.15, 0.2) is 0 Å². The second kappa shape index (κ2) is 44.6. The predicted molar refractivity (Wildman–Crippen MR) is 23.2 cm³/mol. The van der Waals surface area contributed by atoms with E-state index in [-0.39, 0.29) is 47.7 Å². The maximum absolute atomic E-state index is 8.36. The van der Waals surface area contributed by atoms with Crippen LogP contribution in [0.25, 0.3) is 0 Å². The Morgan fingerprint density at radius 3 is 1.11 bits per heavy atom. The Labute approximate surface area is 68.6 Å². The topological polar surface area (TPSA) is 189 Å². The van der Waals surface area contributed by atoms with Gasteiger partial charge in [0.2, 0.25) is 0 Å². The Kier molecular flexibility index (Phi) is 326. The molecule has 0 heterocycles. The molecule has 0 aliphatic rings. The summed E-state index contributed by atoms with van der Waals surface area (Å²) in [6.45, 7) is 0. The molecule has 0 saturated carbocycles. The summed E-state index contributed by atoms with van der Waals surface area (Å²) < 4.78 is 0. The van der Waals surface area contributed by atoms with Crippen molar-refractivity contribution in [3.05, 3.63) is 10.1 Å². The zero-order valence-corrected chi connectivity index (χ0v) is 6.09. The van der Waals surface area contributed by atoms with Crippen LogP contribution in [0.2, 0.25) is 0 Å². The molecular formula is H9NO7Sc. The first-order chi connectivity index (χ1) is 1.73. The van der Waals surface area contributed by atoms with E-state index in [2.05, 4.69) is 0 Å². The van der Waals surface area contributed by atoms with Gasteiger partial charge in [-0.15, -0.1) is 10.1 Å². The summed E-state index contributed by atoms with van der Waals surface area (Å²) in [5.74, 6) is 0. The van der Waals surface area contributed by atoms with Gasteiger partial charge in [-0.05, 0) is 0 Å². The van der Waals surface area contributed by atoms with E-state index in [1.165, 1.54) is 0 Å². The normalized spacial score (nSPS) is 2.67. The summed E-state index contributed by atoms with van der Waals surface area (Å²) in [6.07, 6.45) is 0. The molecule has 1 radical (unpaired) electrons. The Hall–Kier alpha value is -0.0899. The van der Waals surface area contributed by atoms with Gasteiger partial charge in [0.25, 0.3) is 5.09 Å². The second-order valence-corrected chi connectivity index (χ2v) is 0.238. The van der Waals surface area contributed by atoms with Gasteiger partial charge in [-0.2, -0.15) is 0 Å². The SMILES string of the molecule is O.O.O.O.O=[N+]([O-])O.[Sc]. The van der Waals surface area contributed by atoms with Gasteiger partial charge in [0.1, 0.15) is 0 Å². The van der Waals surface area contributed by atoms with Gasteiger partial charge in [-0.3, -0.25) is 0 Å². The Morgan fingerprint density at radius 2 is 1.11 bits per heavy atom. The van der Waals surface area contributed by atoms with Crippen LogP contribution in [0.4, 0.5) is 0 Å². The molecule has 9 N–H and O–H groups in total. The Bertz CT molecular complexity index is 31.9. The smallest absolute Gasteiger partial charge is 0.291 e. The summed E-state index contributed by atoms with van der Waals surface area (Å²) in [6, 6.07) is 0. The van der Waals surface area contributed by atoms with Crippen LogP contribution in [0.5, 0.6) is 0 Å². The van der Waals surface area contributed by atoms with E-state index >= 15 is 0 Å². The van der Waals surface area contributed by atoms with Gasteiger partial charge in [0, 0.05) is 25.8 Å². The van der Waals surface area contributed by atoms with E-state index in [9.17, 15) is 0 Å². The second-order valence-electron chi connectivity index (χ2n) is 0.238. The molecule has 0 aromatic rings. The molecule has 0 unspecified atom stereocenters. The first-order valence-corrected chi connectivity index (χ1v) is 0.565. The fraction of sp³-hybridized carbons (Fsp3) is 0. The van der Waals surface area contributed by atoms with Crippen molar-refractivity contribution in [2.45, 2.75) is 0 Å². The zero-order chi connectivity index (χ0) is 3.58. The molecule has 0 rings (SSSR count). The Balaban J connectivity index is -0.00000000450. The molecule has 9 heteroatoms. The summed E-state index contributed by atoms with van der Waals surface area (Å²) in [5.41, 5.74) is 0. The molecule has 0 fully saturated rings. The van der Waals surface area contributed by atoms with E-state index in [1.807, 2.05) is 0 Å². The molecule has 0 spiro atoms. The molecule has 8 nitrogen and oxygen atoms in total. The number of rotatable bonds is 0. The molecule has 0 aromatic carbocycles. The van der Waals surface area contributed by atoms with Crippen molar-refractivity contribution < 1.29 is 58.0 Å². The molecule has 0 atom stereocenters. The van der Waals surface area contributed by atoms with E-state index < -0.39 is 5.09 Å². The molecular weight excluding hydrogens is 171 g/mol. The standard InChI is InChI=1S/HNO3.4H2O.Sc/c2-1(3)4;;;;;/h(H,2,3,4);4*1H2;. The first kappa shape index (κ1) is 65.8. The van der Waals surface area contributed by atoms with Crippen LogP contribution in [0.15, 0.2) is 0 Å². The predicted octanol–water partition coefficient (Wildman–Crippen LogP) is -3.65. The van der Waals surface area contributed by atoms with E-state index in [0.717, 1.165) is 0 Å². The van der Waals surface area contributed by atoms with E-state index in [4.69, 9.17) is 15.3 Å². The molecule has 0 amide bonds. The van der Waals surface area contributed by atoms with Crippen molar-refractivity contribution in [2.75, 3.05) is 0 Å². The minimum atomic E-state index is -1.50. The van der Waals surface area contributed by atoms with Crippen molar-refractivity contribution in [3.8, 4) is 0 Å². The van der Waals surface area contributed by atoms with Gasteiger partial charge < -0.3 is 27.1 Å². The van der Waals surface area contributed by atoms with Gasteiger partial charge in [-0.1, -0.05) is 0 Å². The summed E-state index contributed by atoms with van der Waals surface area (Å²) in [7, 11) is 0. The maximum Gasteiger partial charge on any atom is 0.291 e. The van der Waals surface area contributed by atoms with Crippen molar-refractivity contribution in [1.82, 2.24) is 0 Å². The van der Waals surface area contributed by atoms with Gasteiger partial charge >= 0.3 is 0 Å². The summed E-state index contributed by atoms with van der Waals surface area (Å²) in [5, 5.41) is 13.6.